The van der Waals surface area contributed by atoms with Gasteiger partial charge in [0.2, 0.25) is 5.95 Å². The molecule has 2 aromatic carbocycles. The number of nitrogens with two attached hydrogens (primary N) is 1. The molecule has 24 heavy (non-hydrogen) atoms. The number of fused-ring (bicyclic) bond motifs is 1. The predicted molar refractivity (Wildman–Crippen MR) is 91.9 cm³/mol. The topological polar surface area (TPSA) is 78.0 Å². The van der Waals surface area contributed by atoms with Gasteiger partial charge in [0, 0.05) is 0 Å². The molecule has 6 heteroatoms. The zero-order valence-electron chi connectivity index (χ0n) is 13.3. The van der Waals surface area contributed by atoms with Crippen LogP contribution in [-0.4, -0.2) is 27.9 Å². The molecule has 3 N–H and O–H groups in total. The minimum absolute atomic E-state index is 0.0576. The summed E-state index contributed by atoms with van der Waals surface area (Å²) in [5.41, 5.74) is 8.87. The van der Waals surface area contributed by atoms with Gasteiger partial charge in [0.25, 0.3) is 0 Å². The second kappa shape index (κ2) is 5.98. The lowest BCUT2D eigenvalue weighted by atomic mass is 9.89. The van der Waals surface area contributed by atoms with Crippen LogP contribution in [0.25, 0.3) is 0 Å². The SMILES string of the molecule is COc1ccc([C@@H]2Nc3ncnn3[C@H](c3ccccc3)[C@@H]2N)cc1. The standard InChI is InChI=1S/C18H19N5O/c1-24-14-9-7-12(8-10-14)16-15(19)17(13-5-3-2-4-6-13)23-18(22-16)20-11-21-23/h2-11,15-17H,19H2,1H3,(H,20,21,22)/t15-,16+,17-/m1/s1. The highest BCUT2D eigenvalue weighted by atomic mass is 16.5. The molecule has 0 fully saturated rings. The lowest BCUT2D eigenvalue weighted by Gasteiger charge is -2.37. The van der Waals surface area contributed by atoms with Gasteiger partial charge in [0.1, 0.15) is 12.1 Å². The van der Waals surface area contributed by atoms with Crippen LogP contribution in [-0.2, 0) is 0 Å². The minimum atomic E-state index is -0.185. The van der Waals surface area contributed by atoms with Crippen LogP contribution < -0.4 is 15.8 Å². The van der Waals surface area contributed by atoms with Crippen LogP contribution in [0.1, 0.15) is 23.2 Å². The molecule has 3 aromatic rings. The number of aromatic nitrogens is 3. The molecule has 0 amide bonds. The van der Waals surface area contributed by atoms with Crippen molar-refractivity contribution in [2.75, 3.05) is 12.4 Å². The zero-order chi connectivity index (χ0) is 16.5. The maximum atomic E-state index is 6.65. The Morgan fingerprint density at radius 2 is 1.79 bits per heavy atom. The van der Waals surface area contributed by atoms with E-state index < -0.39 is 0 Å². The van der Waals surface area contributed by atoms with Gasteiger partial charge >= 0.3 is 0 Å². The highest BCUT2D eigenvalue weighted by molar-refractivity contribution is 5.42. The van der Waals surface area contributed by atoms with Gasteiger partial charge in [-0.3, -0.25) is 0 Å². The van der Waals surface area contributed by atoms with E-state index in [0.29, 0.717) is 0 Å². The fourth-order valence-electron chi connectivity index (χ4n) is 3.27. The summed E-state index contributed by atoms with van der Waals surface area (Å²) < 4.78 is 7.10. The molecule has 0 saturated carbocycles. The Kier molecular flexibility index (Phi) is 3.66. The van der Waals surface area contributed by atoms with Crippen molar-refractivity contribution in [3.05, 3.63) is 72.1 Å². The summed E-state index contributed by atoms with van der Waals surface area (Å²) in [4.78, 5) is 4.34. The van der Waals surface area contributed by atoms with Crippen LogP contribution in [0.4, 0.5) is 5.95 Å². The number of methoxy groups -OCH3 is 1. The molecular weight excluding hydrogens is 302 g/mol. The first-order valence-electron chi connectivity index (χ1n) is 7.88. The molecule has 0 aliphatic carbocycles. The molecule has 2 heterocycles. The van der Waals surface area contributed by atoms with Crippen molar-refractivity contribution in [3.8, 4) is 5.75 Å². The van der Waals surface area contributed by atoms with Gasteiger partial charge in [-0.1, -0.05) is 42.5 Å². The van der Waals surface area contributed by atoms with E-state index in [9.17, 15) is 0 Å². The maximum Gasteiger partial charge on any atom is 0.222 e. The Hall–Kier alpha value is -2.86. The van der Waals surface area contributed by atoms with Gasteiger partial charge in [-0.25, -0.2) is 4.68 Å². The molecule has 0 radical (unpaired) electrons. The van der Waals surface area contributed by atoms with Crippen molar-refractivity contribution in [3.63, 3.8) is 0 Å². The number of benzene rings is 2. The Morgan fingerprint density at radius 3 is 2.50 bits per heavy atom. The summed E-state index contributed by atoms with van der Waals surface area (Å²) in [6.45, 7) is 0. The van der Waals surface area contributed by atoms with Gasteiger partial charge in [0.15, 0.2) is 0 Å². The highest BCUT2D eigenvalue weighted by Gasteiger charge is 2.37. The highest BCUT2D eigenvalue weighted by Crippen LogP contribution is 2.36. The first-order chi connectivity index (χ1) is 11.8. The van der Waals surface area contributed by atoms with E-state index in [0.717, 1.165) is 22.8 Å². The molecule has 6 nitrogen and oxygen atoms in total. The minimum Gasteiger partial charge on any atom is -0.497 e. The van der Waals surface area contributed by atoms with E-state index in [-0.39, 0.29) is 18.1 Å². The molecule has 1 aliphatic rings. The second-order valence-corrected chi connectivity index (χ2v) is 5.86. The molecule has 0 unspecified atom stereocenters. The van der Waals surface area contributed by atoms with Crippen molar-refractivity contribution in [2.45, 2.75) is 18.1 Å². The van der Waals surface area contributed by atoms with Crippen LogP contribution in [0.15, 0.2) is 60.9 Å². The first-order valence-corrected chi connectivity index (χ1v) is 7.88. The Labute approximate surface area is 140 Å². The summed E-state index contributed by atoms with van der Waals surface area (Å²) in [5, 5.41) is 7.77. The fraction of sp³-hybridized carbons (Fsp3) is 0.222. The van der Waals surface area contributed by atoms with Crippen molar-refractivity contribution in [1.29, 1.82) is 0 Å². The molecule has 0 saturated heterocycles. The van der Waals surface area contributed by atoms with Crippen molar-refractivity contribution in [2.24, 2.45) is 5.73 Å². The smallest absolute Gasteiger partial charge is 0.222 e. The van der Waals surface area contributed by atoms with Crippen molar-refractivity contribution >= 4 is 5.95 Å². The number of nitrogens with one attached hydrogen (secondary N) is 1. The van der Waals surface area contributed by atoms with Crippen molar-refractivity contribution < 1.29 is 4.74 Å². The monoisotopic (exact) mass is 321 g/mol. The number of hydrogen-bond acceptors (Lipinski definition) is 5. The average Bonchev–Trinajstić information content (AvgIpc) is 3.10. The summed E-state index contributed by atoms with van der Waals surface area (Å²) >= 11 is 0. The number of ether oxygens (including phenoxy) is 1. The summed E-state index contributed by atoms with van der Waals surface area (Å²) in [6, 6.07) is 17.8. The Balaban J connectivity index is 1.75. The van der Waals surface area contributed by atoms with Gasteiger partial charge in [-0.05, 0) is 23.3 Å². The van der Waals surface area contributed by atoms with Crippen LogP contribution >= 0.6 is 0 Å². The second-order valence-electron chi connectivity index (χ2n) is 5.86. The van der Waals surface area contributed by atoms with Crippen LogP contribution in [0, 0.1) is 0 Å². The van der Waals surface area contributed by atoms with Crippen molar-refractivity contribution in [1.82, 2.24) is 14.8 Å². The van der Waals surface area contributed by atoms with Gasteiger partial charge in [0.05, 0.1) is 25.2 Å². The summed E-state index contributed by atoms with van der Waals surface area (Å²) in [6.07, 6.45) is 1.56. The Morgan fingerprint density at radius 1 is 1.04 bits per heavy atom. The zero-order valence-corrected chi connectivity index (χ0v) is 13.3. The van der Waals surface area contributed by atoms with E-state index in [4.69, 9.17) is 10.5 Å². The third-order valence-electron chi connectivity index (χ3n) is 4.49. The van der Waals surface area contributed by atoms with E-state index in [2.05, 4.69) is 27.5 Å². The normalized spacial score (nSPS) is 22.5. The lowest BCUT2D eigenvalue weighted by molar-refractivity contribution is 0.371. The molecule has 1 aromatic heterocycles. The number of rotatable bonds is 3. The molecule has 3 atom stereocenters. The molecule has 4 rings (SSSR count). The van der Waals surface area contributed by atoms with E-state index in [1.54, 1.807) is 13.4 Å². The molecule has 0 spiro atoms. The number of hydrogen-bond donors (Lipinski definition) is 2. The largest absolute Gasteiger partial charge is 0.497 e. The molecule has 122 valence electrons. The summed E-state index contributed by atoms with van der Waals surface area (Å²) in [5.74, 6) is 1.55. The fourth-order valence-corrected chi connectivity index (χ4v) is 3.27. The number of anilines is 1. The van der Waals surface area contributed by atoms with Gasteiger partial charge in [-0.2, -0.15) is 10.1 Å². The van der Waals surface area contributed by atoms with E-state index >= 15 is 0 Å². The van der Waals surface area contributed by atoms with Crippen LogP contribution in [0.5, 0.6) is 5.75 Å². The Bertz CT molecular complexity index is 815. The quantitative estimate of drug-likeness (QED) is 0.774. The third kappa shape index (κ3) is 2.41. The van der Waals surface area contributed by atoms with Crippen LogP contribution in [0.3, 0.4) is 0 Å². The molecular formula is C18H19N5O. The lowest BCUT2D eigenvalue weighted by Crippen LogP contribution is -2.46. The number of nitrogens with zero attached hydrogens (tertiary/aromatic N) is 3. The maximum absolute atomic E-state index is 6.65. The van der Waals surface area contributed by atoms with E-state index in [1.807, 2.05) is 47.1 Å². The predicted octanol–water partition coefficient (Wildman–Crippen LogP) is 2.37. The van der Waals surface area contributed by atoms with E-state index in [1.165, 1.54) is 0 Å². The van der Waals surface area contributed by atoms with Gasteiger partial charge < -0.3 is 15.8 Å². The average molecular weight is 321 g/mol. The molecule has 0 bridgehead atoms. The third-order valence-corrected chi connectivity index (χ3v) is 4.49. The molecule has 1 aliphatic heterocycles. The summed E-state index contributed by atoms with van der Waals surface area (Å²) in [7, 11) is 1.66. The van der Waals surface area contributed by atoms with Crippen LogP contribution in [0.2, 0.25) is 0 Å². The first kappa shape index (κ1) is 14.7. The van der Waals surface area contributed by atoms with Gasteiger partial charge in [-0.15, -0.1) is 0 Å².